The minimum absolute atomic E-state index is 0.0974. The highest BCUT2D eigenvalue weighted by Gasteiger charge is 2.30. The topological polar surface area (TPSA) is 78.1 Å². The highest BCUT2D eigenvalue weighted by molar-refractivity contribution is 7.14. The van der Waals surface area contributed by atoms with E-state index in [1.807, 2.05) is 48.2 Å². The molecule has 1 fully saturated rings. The highest BCUT2D eigenvalue weighted by Crippen LogP contribution is 2.36. The number of para-hydroxylation sites is 2. The number of hydrogen-bond acceptors (Lipinski definition) is 4. The zero-order chi connectivity index (χ0) is 18.1. The van der Waals surface area contributed by atoms with E-state index in [0.717, 1.165) is 35.3 Å². The lowest BCUT2D eigenvalue weighted by molar-refractivity contribution is -0.131. The largest absolute Gasteiger partial charge is 0.335 e. The summed E-state index contributed by atoms with van der Waals surface area (Å²) in [6, 6.07) is 11.5. The summed E-state index contributed by atoms with van der Waals surface area (Å²) in [5.74, 6) is 0.427. The first-order chi connectivity index (χ1) is 12.7. The number of H-pyrrole nitrogens is 1. The Morgan fingerprint density at radius 1 is 1.31 bits per heavy atom. The molecular formula is C19H20N4O2S. The Hall–Kier alpha value is -2.67. The predicted molar refractivity (Wildman–Crippen MR) is 102 cm³/mol. The highest BCUT2D eigenvalue weighted by atomic mass is 32.1. The number of nitrogens with one attached hydrogen (secondary N) is 2. The first-order valence-corrected chi connectivity index (χ1v) is 9.62. The van der Waals surface area contributed by atoms with Crippen molar-refractivity contribution < 1.29 is 9.59 Å². The van der Waals surface area contributed by atoms with Gasteiger partial charge in [-0.25, -0.2) is 4.98 Å². The summed E-state index contributed by atoms with van der Waals surface area (Å²) in [5, 5.41) is 2.82. The van der Waals surface area contributed by atoms with Crippen LogP contribution in [0.3, 0.4) is 0 Å². The number of aromatic nitrogens is 2. The fourth-order valence-corrected chi connectivity index (χ4v) is 4.45. The van der Waals surface area contributed by atoms with Crippen LogP contribution < -0.4 is 5.32 Å². The van der Waals surface area contributed by atoms with Gasteiger partial charge in [0.2, 0.25) is 11.9 Å². The van der Waals surface area contributed by atoms with Crippen molar-refractivity contribution in [3.8, 4) is 0 Å². The molecule has 0 aliphatic carbocycles. The van der Waals surface area contributed by atoms with Gasteiger partial charge in [-0.3, -0.25) is 14.9 Å². The number of carbonyl (C=O) groups is 2. The number of anilines is 1. The second-order valence-corrected chi connectivity index (χ2v) is 7.47. The molecule has 7 heteroatoms. The van der Waals surface area contributed by atoms with Crippen LogP contribution in [0.5, 0.6) is 0 Å². The van der Waals surface area contributed by atoms with Gasteiger partial charge in [0.1, 0.15) is 0 Å². The van der Waals surface area contributed by atoms with Gasteiger partial charge in [0.05, 0.1) is 22.0 Å². The van der Waals surface area contributed by atoms with E-state index in [-0.39, 0.29) is 17.9 Å². The Bertz CT molecular complexity index is 928. The van der Waals surface area contributed by atoms with Crippen molar-refractivity contribution in [2.75, 3.05) is 11.9 Å². The molecule has 0 saturated carbocycles. The van der Waals surface area contributed by atoms with Crippen LogP contribution in [0.2, 0.25) is 0 Å². The predicted octanol–water partition coefficient (Wildman–Crippen LogP) is 3.95. The zero-order valence-electron chi connectivity index (χ0n) is 14.5. The maximum absolute atomic E-state index is 12.5. The average molecular weight is 368 g/mol. The summed E-state index contributed by atoms with van der Waals surface area (Å²) in [7, 11) is 0. The Balaban J connectivity index is 1.50. The first-order valence-electron chi connectivity index (χ1n) is 8.81. The summed E-state index contributed by atoms with van der Waals surface area (Å²) in [6.45, 7) is 2.69. The molecule has 0 bridgehead atoms. The summed E-state index contributed by atoms with van der Waals surface area (Å²) in [4.78, 5) is 35.8. The Morgan fingerprint density at radius 2 is 2.15 bits per heavy atom. The van der Waals surface area contributed by atoms with E-state index in [1.165, 1.54) is 11.3 Å². The molecule has 2 amide bonds. The Labute approximate surface area is 155 Å². The summed E-state index contributed by atoms with van der Waals surface area (Å²) < 4.78 is 0. The van der Waals surface area contributed by atoms with Crippen molar-refractivity contribution in [2.24, 2.45) is 0 Å². The Kier molecular flexibility index (Phi) is 4.46. The molecule has 1 aliphatic heterocycles. The van der Waals surface area contributed by atoms with Gasteiger partial charge in [0.15, 0.2) is 0 Å². The number of imidazole rings is 1. The third-order valence-corrected chi connectivity index (χ3v) is 5.86. The van der Waals surface area contributed by atoms with Crippen LogP contribution in [0.4, 0.5) is 5.95 Å². The number of aromatic amines is 1. The van der Waals surface area contributed by atoms with Gasteiger partial charge in [0, 0.05) is 17.8 Å². The van der Waals surface area contributed by atoms with Crippen molar-refractivity contribution >= 4 is 40.1 Å². The minimum atomic E-state index is -0.188. The Morgan fingerprint density at radius 3 is 2.96 bits per heavy atom. The smallest absolute Gasteiger partial charge is 0.268 e. The van der Waals surface area contributed by atoms with Gasteiger partial charge < -0.3 is 9.88 Å². The van der Waals surface area contributed by atoms with Gasteiger partial charge in [-0.2, -0.15) is 0 Å². The fourth-order valence-electron chi connectivity index (χ4n) is 3.40. The lowest BCUT2D eigenvalue weighted by Crippen LogP contribution is -2.29. The van der Waals surface area contributed by atoms with Crippen LogP contribution in [0.1, 0.15) is 46.8 Å². The van der Waals surface area contributed by atoms with Gasteiger partial charge in [0.25, 0.3) is 5.91 Å². The lowest BCUT2D eigenvalue weighted by Gasteiger charge is -2.23. The monoisotopic (exact) mass is 368 g/mol. The van der Waals surface area contributed by atoms with Crippen LogP contribution in [0.15, 0.2) is 36.4 Å². The van der Waals surface area contributed by atoms with Crippen molar-refractivity contribution in [1.82, 2.24) is 14.9 Å². The summed E-state index contributed by atoms with van der Waals surface area (Å²) >= 11 is 1.45. The van der Waals surface area contributed by atoms with E-state index in [1.54, 1.807) is 0 Å². The molecule has 3 heterocycles. The third-order valence-electron chi connectivity index (χ3n) is 4.68. The van der Waals surface area contributed by atoms with Crippen molar-refractivity contribution in [1.29, 1.82) is 0 Å². The second-order valence-electron chi connectivity index (χ2n) is 6.36. The molecule has 3 aromatic rings. The third kappa shape index (κ3) is 3.10. The van der Waals surface area contributed by atoms with Crippen molar-refractivity contribution in [3.05, 3.63) is 46.2 Å². The minimum Gasteiger partial charge on any atom is -0.335 e. The number of hydrogen-bond donors (Lipinski definition) is 2. The molecule has 26 heavy (non-hydrogen) atoms. The van der Waals surface area contributed by atoms with Gasteiger partial charge >= 0.3 is 0 Å². The number of carbonyl (C=O) groups excluding carboxylic acids is 2. The molecule has 0 spiro atoms. The van der Waals surface area contributed by atoms with Crippen LogP contribution in [0, 0.1) is 0 Å². The number of amides is 2. The molecule has 0 radical (unpaired) electrons. The van der Waals surface area contributed by atoms with Crippen LogP contribution in [-0.2, 0) is 4.79 Å². The molecule has 1 unspecified atom stereocenters. The van der Waals surface area contributed by atoms with E-state index in [4.69, 9.17) is 0 Å². The number of rotatable bonds is 4. The SMILES string of the molecule is CCC(=O)N1CCCC1c1ccc(C(=O)Nc2nc3ccccc3[nH]2)s1. The molecule has 1 aliphatic rings. The average Bonchev–Trinajstić information content (AvgIpc) is 3.37. The van der Waals surface area contributed by atoms with E-state index in [2.05, 4.69) is 15.3 Å². The van der Waals surface area contributed by atoms with Crippen LogP contribution >= 0.6 is 11.3 Å². The lowest BCUT2D eigenvalue weighted by atomic mass is 10.2. The normalized spacial score (nSPS) is 17.0. The molecule has 6 nitrogen and oxygen atoms in total. The first kappa shape index (κ1) is 16.8. The maximum atomic E-state index is 12.5. The number of likely N-dealkylation sites (tertiary alicyclic amines) is 1. The van der Waals surface area contributed by atoms with Gasteiger partial charge in [-0.1, -0.05) is 19.1 Å². The maximum Gasteiger partial charge on any atom is 0.268 e. The molecule has 2 aromatic heterocycles. The second kappa shape index (κ2) is 6.92. The molecule has 2 N–H and O–H groups in total. The number of benzene rings is 1. The molecule has 134 valence electrons. The van der Waals surface area contributed by atoms with Gasteiger partial charge in [-0.15, -0.1) is 11.3 Å². The van der Waals surface area contributed by atoms with E-state index in [9.17, 15) is 9.59 Å². The molecular weight excluding hydrogens is 348 g/mol. The molecule has 1 aromatic carbocycles. The standard InChI is InChI=1S/C19H20N4O2S/c1-2-17(24)23-11-5-8-14(23)15-9-10-16(26-15)18(25)22-19-20-12-6-3-4-7-13(12)21-19/h3-4,6-7,9-10,14H,2,5,8,11H2,1H3,(H2,20,21,22,25). The number of nitrogens with zero attached hydrogens (tertiary/aromatic N) is 2. The summed E-state index contributed by atoms with van der Waals surface area (Å²) in [6.07, 6.45) is 2.48. The van der Waals surface area contributed by atoms with E-state index < -0.39 is 0 Å². The molecule has 1 atom stereocenters. The molecule has 4 rings (SSSR count). The van der Waals surface area contributed by atoms with E-state index in [0.29, 0.717) is 17.2 Å². The van der Waals surface area contributed by atoms with Crippen molar-refractivity contribution in [3.63, 3.8) is 0 Å². The van der Waals surface area contributed by atoms with Crippen molar-refractivity contribution in [2.45, 2.75) is 32.2 Å². The van der Waals surface area contributed by atoms with Crippen LogP contribution in [-0.4, -0.2) is 33.2 Å². The number of fused-ring (bicyclic) bond motifs is 1. The van der Waals surface area contributed by atoms with Crippen LogP contribution in [0.25, 0.3) is 11.0 Å². The zero-order valence-corrected chi connectivity index (χ0v) is 15.3. The van der Waals surface area contributed by atoms with E-state index >= 15 is 0 Å². The quantitative estimate of drug-likeness (QED) is 0.732. The fraction of sp³-hybridized carbons (Fsp3) is 0.316. The molecule has 1 saturated heterocycles. The van der Waals surface area contributed by atoms with Gasteiger partial charge in [-0.05, 0) is 37.1 Å². The number of thiophene rings is 1. The summed E-state index contributed by atoms with van der Waals surface area (Å²) in [5.41, 5.74) is 1.70.